The van der Waals surface area contributed by atoms with Gasteiger partial charge in [0.1, 0.15) is 5.60 Å². The van der Waals surface area contributed by atoms with Gasteiger partial charge in [0.2, 0.25) is 11.7 Å². The number of aromatic nitrogens is 2. The fourth-order valence-electron chi connectivity index (χ4n) is 1.81. The van der Waals surface area contributed by atoms with Crippen LogP contribution in [0.2, 0.25) is 0 Å². The second-order valence-electron chi connectivity index (χ2n) is 3.96. The van der Waals surface area contributed by atoms with E-state index in [2.05, 4.69) is 10.1 Å². The topological polar surface area (TPSA) is 74.2 Å². The number of aryl methyl sites for hydroxylation is 1. The zero-order valence-corrected chi connectivity index (χ0v) is 9.03. The third kappa shape index (κ3) is 1.89. The summed E-state index contributed by atoms with van der Waals surface area (Å²) in [5.74, 6) is 1.36. The highest BCUT2D eigenvalue weighted by molar-refractivity contribution is 5.06. The molecule has 0 aliphatic heterocycles. The lowest BCUT2D eigenvalue weighted by atomic mass is 9.79. The van der Waals surface area contributed by atoms with Gasteiger partial charge in [0.15, 0.2) is 0 Å². The largest absolute Gasteiger partial charge is 0.370 e. The van der Waals surface area contributed by atoms with Crippen LogP contribution in [-0.4, -0.2) is 23.8 Å². The summed E-state index contributed by atoms with van der Waals surface area (Å²) in [6.45, 7) is 0.646. The first-order chi connectivity index (χ1) is 7.30. The average Bonchev–Trinajstić information content (AvgIpc) is 2.63. The Morgan fingerprint density at radius 3 is 2.87 bits per heavy atom. The van der Waals surface area contributed by atoms with Gasteiger partial charge >= 0.3 is 0 Å². The average molecular weight is 211 g/mol. The Labute approximate surface area is 89.0 Å². The van der Waals surface area contributed by atoms with Gasteiger partial charge < -0.3 is 15.0 Å². The van der Waals surface area contributed by atoms with Crippen molar-refractivity contribution in [2.75, 3.05) is 13.7 Å². The molecule has 84 valence electrons. The number of methoxy groups -OCH3 is 1. The van der Waals surface area contributed by atoms with Crippen LogP contribution in [0, 0.1) is 0 Å². The third-order valence-corrected chi connectivity index (χ3v) is 3.02. The molecule has 0 spiro atoms. The molecule has 0 unspecified atom stereocenters. The molecule has 0 bridgehead atoms. The van der Waals surface area contributed by atoms with Crippen LogP contribution < -0.4 is 5.73 Å². The highest BCUT2D eigenvalue weighted by atomic mass is 16.5. The number of hydrogen-bond donors (Lipinski definition) is 1. The molecule has 1 saturated carbocycles. The molecule has 15 heavy (non-hydrogen) atoms. The molecule has 5 nitrogen and oxygen atoms in total. The van der Waals surface area contributed by atoms with E-state index in [1.54, 1.807) is 7.11 Å². The lowest BCUT2D eigenvalue weighted by Crippen LogP contribution is -2.37. The normalized spacial score (nSPS) is 18.8. The highest BCUT2D eigenvalue weighted by Gasteiger charge is 2.43. The van der Waals surface area contributed by atoms with E-state index in [-0.39, 0.29) is 5.60 Å². The second kappa shape index (κ2) is 4.28. The maximum absolute atomic E-state index is 5.47. The van der Waals surface area contributed by atoms with E-state index in [0.717, 1.165) is 25.7 Å². The van der Waals surface area contributed by atoms with E-state index in [1.165, 1.54) is 6.42 Å². The van der Waals surface area contributed by atoms with Gasteiger partial charge in [0, 0.05) is 13.5 Å². The van der Waals surface area contributed by atoms with Crippen molar-refractivity contribution in [1.29, 1.82) is 0 Å². The van der Waals surface area contributed by atoms with Gasteiger partial charge in [-0.25, -0.2) is 0 Å². The Morgan fingerprint density at radius 2 is 2.33 bits per heavy atom. The van der Waals surface area contributed by atoms with Crippen LogP contribution >= 0.6 is 0 Å². The minimum absolute atomic E-state index is 0.273. The van der Waals surface area contributed by atoms with Crippen LogP contribution in [0.4, 0.5) is 0 Å². The van der Waals surface area contributed by atoms with Gasteiger partial charge in [-0.15, -0.1) is 0 Å². The molecule has 0 aromatic carbocycles. The lowest BCUT2D eigenvalue weighted by molar-refractivity contribution is -0.0858. The van der Waals surface area contributed by atoms with E-state index in [0.29, 0.717) is 18.3 Å². The van der Waals surface area contributed by atoms with E-state index in [9.17, 15) is 0 Å². The summed E-state index contributed by atoms with van der Waals surface area (Å²) in [5, 5.41) is 3.98. The summed E-state index contributed by atoms with van der Waals surface area (Å²) in [7, 11) is 1.70. The van der Waals surface area contributed by atoms with Gasteiger partial charge in [-0.3, -0.25) is 0 Å². The SMILES string of the molecule is COC1(c2noc(CCCN)n2)CCC1. The van der Waals surface area contributed by atoms with Gasteiger partial charge in [-0.2, -0.15) is 4.98 Å². The zero-order chi connectivity index (χ0) is 10.7. The van der Waals surface area contributed by atoms with Crippen LogP contribution in [0.5, 0.6) is 0 Å². The van der Waals surface area contributed by atoms with Gasteiger partial charge in [-0.05, 0) is 32.2 Å². The Balaban J connectivity index is 2.05. The van der Waals surface area contributed by atoms with Gasteiger partial charge in [-0.1, -0.05) is 5.16 Å². The summed E-state index contributed by atoms with van der Waals surface area (Å²) < 4.78 is 10.6. The van der Waals surface area contributed by atoms with Crippen molar-refractivity contribution >= 4 is 0 Å². The highest BCUT2D eigenvalue weighted by Crippen LogP contribution is 2.42. The molecule has 0 radical (unpaired) electrons. The molecule has 1 fully saturated rings. The first-order valence-electron chi connectivity index (χ1n) is 5.39. The number of nitrogens with zero attached hydrogens (tertiary/aromatic N) is 2. The first kappa shape index (κ1) is 10.6. The molecule has 1 aromatic rings. The summed E-state index contributed by atoms with van der Waals surface area (Å²) in [4.78, 5) is 4.35. The molecule has 2 N–H and O–H groups in total. The van der Waals surface area contributed by atoms with Crippen LogP contribution in [0.3, 0.4) is 0 Å². The number of rotatable bonds is 5. The third-order valence-electron chi connectivity index (χ3n) is 3.02. The smallest absolute Gasteiger partial charge is 0.226 e. The minimum atomic E-state index is -0.273. The van der Waals surface area contributed by atoms with Gasteiger partial charge in [0.25, 0.3) is 0 Å². The minimum Gasteiger partial charge on any atom is -0.370 e. The van der Waals surface area contributed by atoms with Crippen LogP contribution in [-0.2, 0) is 16.8 Å². The molecule has 1 aliphatic carbocycles. The summed E-state index contributed by atoms with van der Waals surface area (Å²) in [6.07, 6.45) is 4.77. The fourth-order valence-corrected chi connectivity index (χ4v) is 1.81. The van der Waals surface area contributed by atoms with Crippen LogP contribution in [0.25, 0.3) is 0 Å². The summed E-state index contributed by atoms with van der Waals surface area (Å²) in [6, 6.07) is 0. The maximum atomic E-state index is 5.47. The Hall–Kier alpha value is -0.940. The van der Waals surface area contributed by atoms with E-state index in [1.807, 2.05) is 0 Å². The number of ether oxygens (including phenoxy) is 1. The van der Waals surface area contributed by atoms with Crippen molar-refractivity contribution < 1.29 is 9.26 Å². The Bertz CT molecular complexity index is 315. The van der Waals surface area contributed by atoms with Gasteiger partial charge in [0.05, 0.1) is 0 Å². The van der Waals surface area contributed by atoms with E-state index < -0.39 is 0 Å². The molecule has 0 saturated heterocycles. The number of hydrogen-bond acceptors (Lipinski definition) is 5. The summed E-state index contributed by atoms with van der Waals surface area (Å²) in [5.41, 5.74) is 5.14. The van der Waals surface area contributed by atoms with E-state index >= 15 is 0 Å². The zero-order valence-electron chi connectivity index (χ0n) is 9.03. The summed E-state index contributed by atoms with van der Waals surface area (Å²) >= 11 is 0. The lowest BCUT2D eigenvalue weighted by Gasteiger charge is -2.37. The van der Waals surface area contributed by atoms with Crippen molar-refractivity contribution in [1.82, 2.24) is 10.1 Å². The second-order valence-corrected chi connectivity index (χ2v) is 3.96. The molecule has 1 aromatic heterocycles. The molecule has 2 rings (SSSR count). The quantitative estimate of drug-likeness (QED) is 0.786. The molecule has 0 amide bonds. The van der Waals surface area contributed by atoms with E-state index in [4.69, 9.17) is 15.0 Å². The van der Waals surface area contributed by atoms with Crippen molar-refractivity contribution in [3.05, 3.63) is 11.7 Å². The Morgan fingerprint density at radius 1 is 1.53 bits per heavy atom. The first-order valence-corrected chi connectivity index (χ1v) is 5.39. The van der Waals surface area contributed by atoms with Crippen molar-refractivity contribution in [2.24, 2.45) is 5.73 Å². The van der Waals surface area contributed by atoms with Crippen molar-refractivity contribution in [3.63, 3.8) is 0 Å². The predicted octanol–water partition coefficient (Wildman–Crippen LogP) is 0.986. The molecule has 1 heterocycles. The molecular formula is C10H17N3O2. The maximum Gasteiger partial charge on any atom is 0.226 e. The van der Waals surface area contributed by atoms with Crippen molar-refractivity contribution in [2.45, 2.75) is 37.7 Å². The fraction of sp³-hybridized carbons (Fsp3) is 0.800. The van der Waals surface area contributed by atoms with Crippen LogP contribution in [0.15, 0.2) is 4.52 Å². The monoisotopic (exact) mass is 211 g/mol. The Kier molecular flexibility index (Phi) is 3.02. The molecule has 0 atom stereocenters. The molecular weight excluding hydrogens is 194 g/mol. The van der Waals surface area contributed by atoms with Crippen molar-refractivity contribution in [3.8, 4) is 0 Å². The standard InChI is InChI=1S/C10H17N3O2/c1-14-10(5-3-6-10)9-12-8(15-13-9)4-2-7-11/h2-7,11H2,1H3. The molecule has 1 aliphatic rings. The molecule has 5 heteroatoms. The number of nitrogens with two attached hydrogens (primary N) is 1. The predicted molar refractivity (Wildman–Crippen MR) is 54.2 cm³/mol. The van der Waals surface area contributed by atoms with Crippen LogP contribution in [0.1, 0.15) is 37.4 Å².